The average Bonchev–Trinajstić information content (AvgIpc) is 2.45. The molecular formula is C13H8ClF3N2O2. The predicted octanol–water partition coefficient (Wildman–Crippen LogP) is 3.59. The van der Waals surface area contributed by atoms with Gasteiger partial charge in [0.15, 0.2) is 11.5 Å². The zero-order valence-electron chi connectivity index (χ0n) is 10.4. The van der Waals surface area contributed by atoms with Gasteiger partial charge in [-0.25, -0.2) is 9.97 Å². The van der Waals surface area contributed by atoms with Crippen molar-refractivity contribution in [2.75, 3.05) is 13.2 Å². The molecule has 0 amide bonds. The minimum absolute atomic E-state index is 0.0688. The van der Waals surface area contributed by atoms with Crippen molar-refractivity contribution < 1.29 is 22.6 Å². The molecule has 21 heavy (non-hydrogen) atoms. The highest BCUT2D eigenvalue weighted by Crippen LogP contribution is 2.35. The Morgan fingerprint density at radius 3 is 2.43 bits per heavy atom. The zero-order valence-corrected chi connectivity index (χ0v) is 11.2. The quantitative estimate of drug-likeness (QED) is 0.754. The summed E-state index contributed by atoms with van der Waals surface area (Å²) in [4.78, 5) is 6.70. The molecule has 0 bridgehead atoms. The molecule has 0 N–H and O–H groups in total. The van der Waals surface area contributed by atoms with Crippen LogP contribution in [0.25, 0.3) is 11.3 Å². The Bertz CT molecular complexity index is 692. The molecule has 8 heteroatoms. The van der Waals surface area contributed by atoms with Gasteiger partial charge < -0.3 is 9.47 Å². The first-order valence-corrected chi connectivity index (χ1v) is 6.33. The van der Waals surface area contributed by atoms with E-state index in [0.717, 1.165) is 0 Å². The second kappa shape index (κ2) is 5.07. The second-order valence-electron chi connectivity index (χ2n) is 4.26. The molecule has 0 spiro atoms. The molecule has 1 aromatic carbocycles. The predicted molar refractivity (Wildman–Crippen MR) is 68.5 cm³/mol. The fraction of sp³-hybridized carbons (Fsp3) is 0.231. The highest BCUT2D eigenvalue weighted by molar-refractivity contribution is 6.29. The molecule has 0 radical (unpaired) electrons. The summed E-state index contributed by atoms with van der Waals surface area (Å²) in [6, 6.07) is 6.04. The van der Waals surface area contributed by atoms with Crippen molar-refractivity contribution in [2.24, 2.45) is 0 Å². The molecule has 2 aromatic rings. The second-order valence-corrected chi connectivity index (χ2v) is 4.64. The highest BCUT2D eigenvalue weighted by atomic mass is 35.5. The lowest BCUT2D eigenvalue weighted by Gasteiger charge is -2.18. The molecule has 110 valence electrons. The molecule has 0 fully saturated rings. The van der Waals surface area contributed by atoms with Crippen LogP contribution >= 0.6 is 11.6 Å². The van der Waals surface area contributed by atoms with Crippen LogP contribution in [-0.4, -0.2) is 23.2 Å². The molecule has 0 aliphatic carbocycles. The van der Waals surface area contributed by atoms with Gasteiger partial charge >= 0.3 is 6.18 Å². The van der Waals surface area contributed by atoms with Crippen molar-refractivity contribution in [2.45, 2.75) is 6.18 Å². The van der Waals surface area contributed by atoms with E-state index >= 15 is 0 Å². The largest absolute Gasteiger partial charge is 0.486 e. The lowest BCUT2D eigenvalue weighted by Crippen LogP contribution is -2.15. The van der Waals surface area contributed by atoms with Crippen molar-refractivity contribution in [1.82, 2.24) is 9.97 Å². The first-order valence-electron chi connectivity index (χ1n) is 5.95. The van der Waals surface area contributed by atoms with E-state index in [4.69, 9.17) is 21.1 Å². The first-order chi connectivity index (χ1) is 9.93. The van der Waals surface area contributed by atoms with E-state index in [1.165, 1.54) is 6.07 Å². The van der Waals surface area contributed by atoms with Gasteiger partial charge in [0.25, 0.3) is 0 Å². The third-order valence-corrected chi connectivity index (χ3v) is 2.98. The molecule has 3 rings (SSSR count). The van der Waals surface area contributed by atoms with Crippen LogP contribution < -0.4 is 9.47 Å². The van der Waals surface area contributed by atoms with E-state index in [9.17, 15) is 13.2 Å². The number of hydrogen-bond acceptors (Lipinski definition) is 4. The third kappa shape index (κ3) is 2.87. The van der Waals surface area contributed by atoms with Crippen LogP contribution in [0, 0.1) is 0 Å². The van der Waals surface area contributed by atoms with Crippen LogP contribution in [0.1, 0.15) is 5.82 Å². The fourth-order valence-corrected chi connectivity index (χ4v) is 2.08. The molecule has 0 atom stereocenters. The van der Waals surface area contributed by atoms with Gasteiger partial charge in [-0.15, -0.1) is 0 Å². The summed E-state index contributed by atoms with van der Waals surface area (Å²) in [7, 11) is 0. The van der Waals surface area contributed by atoms with Crippen molar-refractivity contribution in [3.8, 4) is 22.8 Å². The number of rotatable bonds is 1. The summed E-state index contributed by atoms with van der Waals surface area (Å²) < 4.78 is 48.9. The maximum atomic E-state index is 12.7. The Balaban J connectivity index is 2.06. The molecule has 2 heterocycles. The van der Waals surface area contributed by atoms with Gasteiger partial charge in [-0.1, -0.05) is 11.6 Å². The molecule has 0 saturated carbocycles. The Kier molecular flexibility index (Phi) is 3.36. The average molecular weight is 317 g/mol. The maximum absolute atomic E-state index is 12.7. The van der Waals surface area contributed by atoms with E-state index in [0.29, 0.717) is 30.3 Å². The van der Waals surface area contributed by atoms with E-state index in [-0.39, 0.29) is 10.8 Å². The van der Waals surface area contributed by atoms with Crippen LogP contribution in [-0.2, 0) is 6.18 Å². The Hall–Kier alpha value is -2.02. The van der Waals surface area contributed by atoms with Gasteiger partial charge in [0.1, 0.15) is 18.4 Å². The van der Waals surface area contributed by atoms with Gasteiger partial charge in [-0.3, -0.25) is 0 Å². The first kappa shape index (κ1) is 13.9. The molecule has 1 aromatic heterocycles. The number of alkyl halides is 3. The summed E-state index contributed by atoms with van der Waals surface area (Å²) >= 11 is 5.64. The van der Waals surface area contributed by atoms with E-state index in [2.05, 4.69) is 9.97 Å². The van der Waals surface area contributed by atoms with Crippen LogP contribution in [0.4, 0.5) is 13.2 Å². The third-order valence-electron chi connectivity index (χ3n) is 2.79. The Labute approximate surface area is 122 Å². The van der Waals surface area contributed by atoms with E-state index in [1.54, 1.807) is 18.2 Å². The highest BCUT2D eigenvalue weighted by Gasteiger charge is 2.35. The maximum Gasteiger partial charge on any atom is 0.451 e. The van der Waals surface area contributed by atoms with Gasteiger partial charge in [0, 0.05) is 11.6 Å². The smallest absolute Gasteiger partial charge is 0.451 e. The van der Waals surface area contributed by atoms with Crippen LogP contribution in [0.2, 0.25) is 5.15 Å². The standard InChI is InChI=1S/C13H8ClF3N2O2/c14-11-6-8(18-12(19-11)13(15,16)17)7-1-2-9-10(5-7)21-4-3-20-9/h1-2,5-6H,3-4H2. The minimum Gasteiger partial charge on any atom is -0.486 e. The number of nitrogens with zero attached hydrogens (tertiary/aromatic N) is 2. The number of aromatic nitrogens is 2. The van der Waals surface area contributed by atoms with Crippen LogP contribution in [0.3, 0.4) is 0 Å². The lowest BCUT2D eigenvalue weighted by atomic mass is 10.1. The van der Waals surface area contributed by atoms with Crippen molar-refractivity contribution in [3.05, 3.63) is 35.2 Å². The van der Waals surface area contributed by atoms with Crippen LogP contribution in [0.5, 0.6) is 11.5 Å². The Morgan fingerprint density at radius 1 is 1.00 bits per heavy atom. The monoisotopic (exact) mass is 316 g/mol. The van der Waals surface area contributed by atoms with E-state index in [1.807, 2.05) is 0 Å². The van der Waals surface area contributed by atoms with Crippen molar-refractivity contribution in [1.29, 1.82) is 0 Å². The topological polar surface area (TPSA) is 44.2 Å². The van der Waals surface area contributed by atoms with Gasteiger partial charge in [0.05, 0.1) is 5.69 Å². The fourth-order valence-electron chi connectivity index (χ4n) is 1.89. The summed E-state index contributed by atoms with van der Waals surface area (Å²) in [5.74, 6) is -0.275. The molecule has 0 saturated heterocycles. The summed E-state index contributed by atoms with van der Waals surface area (Å²) in [6.07, 6.45) is -4.66. The Morgan fingerprint density at radius 2 is 1.71 bits per heavy atom. The molecule has 0 unspecified atom stereocenters. The summed E-state index contributed by atoms with van der Waals surface area (Å²) in [5.41, 5.74) is 0.508. The molecule has 4 nitrogen and oxygen atoms in total. The molecule has 1 aliphatic heterocycles. The van der Waals surface area contributed by atoms with Crippen molar-refractivity contribution in [3.63, 3.8) is 0 Å². The lowest BCUT2D eigenvalue weighted by molar-refractivity contribution is -0.144. The van der Waals surface area contributed by atoms with Gasteiger partial charge in [-0.2, -0.15) is 13.2 Å². The molecule has 1 aliphatic rings. The summed E-state index contributed by atoms with van der Waals surface area (Å²) in [5, 5.41) is -0.276. The SMILES string of the molecule is FC(F)(F)c1nc(Cl)cc(-c2ccc3c(c2)OCCO3)n1. The van der Waals surface area contributed by atoms with Gasteiger partial charge in [0.2, 0.25) is 5.82 Å². The number of hydrogen-bond donors (Lipinski definition) is 0. The number of fused-ring (bicyclic) bond motifs is 1. The normalized spacial score (nSPS) is 14.1. The van der Waals surface area contributed by atoms with Crippen LogP contribution in [0.15, 0.2) is 24.3 Å². The minimum atomic E-state index is -4.66. The number of benzene rings is 1. The molecular weight excluding hydrogens is 309 g/mol. The van der Waals surface area contributed by atoms with Crippen molar-refractivity contribution >= 4 is 11.6 Å². The zero-order chi connectivity index (χ0) is 15.0. The number of ether oxygens (including phenoxy) is 2. The van der Waals surface area contributed by atoms with E-state index < -0.39 is 12.0 Å². The van der Waals surface area contributed by atoms with Gasteiger partial charge in [-0.05, 0) is 18.2 Å². The number of halogens is 4. The summed E-state index contributed by atoms with van der Waals surface area (Å²) in [6.45, 7) is 0.818.